The number of carbonyl (C=O) groups excluding carboxylic acids is 1. The molecule has 0 saturated heterocycles. The smallest absolute Gasteiger partial charge is 0.120 e. The van der Waals surface area contributed by atoms with Crippen molar-refractivity contribution in [2.45, 2.75) is 19.4 Å². The highest BCUT2D eigenvalue weighted by Gasteiger charge is 2.19. The Labute approximate surface area is 163 Å². The van der Waals surface area contributed by atoms with Crippen LogP contribution in [-0.4, -0.2) is 31.2 Å². The second kappa shape index (κ2) is 9.05. The van der Waals surface area contributed by atoms with E-state index in [1.807, 2.05) is 41.0 Å². The minimum absolute atomic E-state index is 0.159. The number of methoxy groups -OCH3 is 1. The van der Waals surface area contributed by atoms with Gasteiger partial charge in [0.15, 0.2) is 0 Å². The predicted molar refractivity (Wildman–Crippen MR) is 108 cm³/mol. The molecule has 1 N–H and O–H groups in total. The molecule has 0 radical (unpaired) electrons. The van der Waals surface area contributed by atoms with Crippen LogP contribution in [0.3, 0.4) is 0 Å². The number of aromatic nitrogens is 1. The molecule has 0 aliphatic rings. The summed E-state index contributed by atoms with van der Waals surface area (Å²) in [5.74, 6) is 0.663. The molecule has 3 rings (SSSR count). The van der Waals surface area contributed by atoms with E-state index in [9.17, 15) is 14.4 Å². The van der Waals surface area contributed by atoms with Gasteiger partial charge in [-0.3, -0.25) is 0 Å². The van der Waals surface area contributed by atoms with Crippen molar-refractivity contribution in [1.82, 2.24) is 4.57 Å². The Morgan fingerprint density at radius 2 is 2.04 bits per heavy atom. The molecule has 1 heterocycles. The zero-order valence-corrected chi connectivity index (χ0v) is 15.7. The van der Waals surface area contributed by atoms with Crippen molar-refractivity contribution in [3.63, 3.8) is 0 Å². The number of hydrogen-bond acceptors (Lipinski definition) is 4. The van der Waals surface area contributed by atoms with Crippen LogP contribution in [0, 0.1) is 11.3 Å². The Balaban J connectivity index is 2.02. The molecule has 3 aromatic rings. The van der Waals surface area contributed by atoms with Crippen molar-refractivity contribution >= 4 is 22.9 Å². The molecule has 144 valence electrons. The first-order valence-electron chi connectivity index (χ1n) is 9.17. The Hall–Kier alpha value is -3.33. The van der Waals surface area contributed by atoms with Crippen molar-refractivity contribution in [2.75, 3.05) is 25.6 Å². The molecule has 0 fully saturated rings. The number of alkyl halides is 1. The summed E-state index contributed by atoms with van der Waals surface area (Å²) in [6.07, 6.45) is 2.21. The molecule has 0 saturated carbocycles. The number of ether oxygens (including phenoxy) is 1. The fourth-order valence-electron chi connectivity index (χ4n) is 3.35. The van der Waals surface area contributed by atoms with Crippen LogP contribution in [0.5, 0.6) is 5.75 Å². The molecule has 0 bridgehead atoms. The van der Waals surface area contributed by atoms with E-state index in [4.69, 9.17) is 4.74 Å². The number of nitriles is 1. The van der Waals surface area contributed by atoms with E-state index >= 15 is 0 Å². The maximum atomic E-state index is 13.3. The molecule has 28 heavy (non-hydrogen) atoms. The van der Waals surface area contributed by atoms with Crippen LogP contribution < -0.4 is 10.1 Å². The number of fused-ring (bicyclic) bond motifs is 1. The highest BCUT2D eigenvalue weighted by Crippen LogP contribution is 2.35. The number of aldehydes is 1. The third-order valence-electron chi connectivity index (χ3n) is 4.68. The topological polar surface area (TPSA) is 67.0 Å². The number of benzene rings is 2. The maximum Gasteiger partial charge on any atom is 0.120 e. The number of anilines is 1. The molecular formula is C22H22FN3O2. The van der Waals surface area contributed by atoms with Gasteiger partial charge in [0.2, 0.25) is 0 Å². The molecule has 0 aliphatic carbocycles. The average Bonchev–Trinajstić information content (AvgIpc) is 3.04. The zero-order chi connectivity index (χ0) is 19.9. The first kappa shape index (κ1) is 19.4. The molecule has 0 atom stereocenters. The van der Waals surface area contributed by atoms with Crippen molar-refractivity contribution < 1.29 is 13.9 Å². The molecule has 0 spiro atoms. The summed E-state index contributed by atoms with van der Waals surface area (Å²) in [6, 6.07) is 15.5. The standard InChI is InChI=1S/C22H22FN3O2/c1-28-18-8-9-19-20(15-24)22(26(12-10-23)21(19)14-18)16-4-6-17(7-5-16)25-11-2-3-13-27/h4-9,13-14,25H,2-3,10-12H2,1H3. The number of hydrogen-bond donors (Lipinski definition) is 1. The molecule has 0 amide bonds. The van der Waals surface area contributed by atoms with Gasteiger partial charge >= 0.3 is 0 Å². The van der Waals surface area contributed by atoms with E-state index < -0.39 is 6.67 Å². The molecule has 5 nitrogen and oxygen atoms in total. The van der Waals surface area contributed by atoms with Gasteiger partial charge in [-0.15, -0.1) is 0 Å². The van der Waals surface area contributed by atoms with Gasteiger partial charge in [0, 0.05) is 30.1 Å². The fraction of sp³-hybridized carbons (Fsp3) is 0.273. The van der Waals surface area contributed by atoms with Crippen LogP contribution in [0.1, 0.15) is 18.4 Å². The van der Waals surface area contributed by atoms with Crippen molar-refractivity contribution in [3.05, 3.63) is 48.0 Å². The molecule has 0 aliphatic heterocycles. The number of aryl methyl sites for hydroxylation is 1. The second-order valence-electron chi connectivity index (χ2n) is 6.37. The third-order valence-corrected chi connectivity index (χ3v) is 4.68. The van der Waals surface area contributed by atoms with E-state index in [1.165, 1.54) is 0 Å². The van der Waals surface area contributed by atoms with Crippen LogP contribution >= 0.6 is 0 Å². The molecule has 0 unspecified atom stereocenters. The number of nitrogens with one attached hydrogen (secondary N) is 1. The quantitative estimate of drug-likeness (QED) is 0.437. The van der Waals surface area contributed by atoms with Gasteiger partial charge in [-0.05, 0) is 36.2 Å². The monoisotopic (exact) mass is 379 g/mol. The number of halogens is 1. The van der Waals surface area contributed by atoms with Crippen molar-refractivity contribution in [1.29, 1.82) is 5.26 Å². The first-order valence-corrected chi connectivity index (χ1v) is 9.17. The summed E-state index contributed by atoms with van der Waals surface area (Å²) in [5, 5.41) is 13.8. The summed E-state index contributed by atoms with van der Waals surface area (Å²) >= 11 is 0. The first-order chi connectivity index (χ1) is 13.7. The SMILES string of the molecule is COc1ccc2c(C#N)c(-c3ccc(NCCCC=O)cc3)n(CCF)c2c1. The number of unbranched alkanes of at least 4 members (excludes halogenated alkanes) is 1. The minimum atomic E-state index is -0.533. The fourth-order valence-corrected chi connectivity index (χ4v) is 3.35. The van der Waals surface area contributed by atoms with Crippen molar-refractivity contribution in [3.8, 4) is 23.1 Å². The molecule has 2 aromatic carbocycles. The summed E-state index contributed by atoms with van der Waals surface area (Å²) < 4.78 is 20.4. The van der Waals surface area contributed by atoms with Gasteiger partial charge in [-0.25, -0.2) is 4.39 Å². The van der Waals surface area contributed by atoms with Gasteiger partial charge < -0.3 is 19.4 Å². The normalized spacial score (nSPS) is 10.6. The van der Waals surface area contributed by atoms with Gasteiger partial charge in [0.1, 0.15) is 24.8 Å². The van der Waals surface area contributed by atoms with Gasteiger partial charge in [-0.2, -0.15) is 5.26 Å². The van der Waals surface area contributed by atoms with Gasteiger partial charge in [0.05, 0.1) is 30.4 Å². The maximum absolute atomic E-state index is 13.3. The Morgan fingerprint density at radius 1 is 1.25 bits per heavy atom. The number of nitrogens with zero attached hydrogens (tertiary/aromatic N) is 2. The largest absolute Gasteiger partial charge is 0.497 e. The van der Waals surface area contributed by atoms with Crippen LogP contribution in [0.15, 0.2) is 42.5 Å². The lowest BCUT2D eigenvalue weighted by molar-refractivity contribution is -0.107. The highest BCUT2D eigenvalue weighted by molar-refractivity contribution is 5.95. The minimum Gasteiger partial charge on any atom is -0.497 e. The lowest BCUT2D eigenvalue weighted by atomic mass is 10.1. The van der Waals surface area contributed by atoms with E-state index in [2.05, 4.69) is 11.4 Å². The Bertz CT molecular complexity index is 1000. The van der Waals surface area contributed by atoms with E-state index in [-0.39, 0.29) is 6.54 Å². The Kier molecular flexibility index (Phi) is 6.28. The zero-order valence-electron chi connectivity index (χ0n) is 15.7. The summed E-state index contributed by atoms with van der Waals surface area (Å²) in [6.45, 7) is 0.338. The predicted octanol–water partition coefficient (Wildman–Crippen LogP) is 4.55. The number of carbonyl (C=O) groups is 1. The third kappa shape index (κ3) is 3.84. The number of rotatable bonds is 9. The van der Waals surface area contributed by atoms with E-state index in [0.29, 0.717) is 30.0 Å². The summed E-state index contributed by atoms with van der Waals surface area (Å²) in [7, 11) is 1.58. The van der Waals surface area contributed by atoms with Crippen LogP contribution in [0.4, 0.5) is 10.1 Å². The van der Waals surface area contributed by atoms with Gasteiger partial charge in [0.25, 0.3) is 0 Å². The van der Waals surface area contributed by atoms with Crippen LogP contribution in [-0.2, 0) is 11.3 Å². The second-order valence-corrected chi connectivity index (χ2v) is 6.37. The summed E-state index contributed by atoms with van der Waals surface area (Å²) in [5.41, 5.74) is 3.79. The van der Waals surface area contributed by atoms with E-state index in [0.717, 1.165) is 34.9 Å². The molecule has 1 aromatic heterocycles. The summed E-state index contributed by atoms with van der Waals surface area (Å²) in [4.78, 5) is 10.4. The van der Waals surface area contributed by atoms with Gasteiger partial charge in [-0.1, -0.05) is 12.1 Å². The Morgan fingerprint density at radius 3 is 2.68 bits per heavy atom. The van der Waals surface area contributed by atoms with E-state index in [1.54, 1.807) is 13.2 Å². The lowest BCUT2D eigenvalue weighted by Gasteiger charge is -2.11. The van der Waals surface area contributed by atoms with Crippen LogP contribution in [0.25, 0.3) is 22.2 Å². The molecular weight excluding hydrogens is 357 g/mol. The lowest BCUT2D eigenvalue weighted by Crippen LogP contribution is -2.03. The highest BCUT2D eigenvalue weighted by atomic mass is 19.1. The van der Waals surface area contributed by atoms with Crippen molar-refractivity contribution in [2.24, 2.45) is 0 Å². The molecule has 6 heteroatoms. The van der Waals surface area contributed by atoms with Crippen LogP contribution in [0.2, 0.25) is 0 Å². The average molecular weight is 379 g/mol.